The molecule has 1 fully saturated rings. The first-order chi connectivity index (χ1) is 11.1. The van der Waals surface area contributed by atoms with Crippen LogP contribution in [0.25, 0.3) is 0 Å². The monoisotopic (exact) mass is 391 g/mol. The highest BCUT2D eigenvalue weighted by atomic mass is 79.9. The van der Waals surface area contributed by atoms with Gasteiger partial charge in [0, 0.05) is 22.7 Å². The molecule has 1 heterocycles. The van der Waals surface area contributed by atoms with Crippen molar-refractivity contribution in [3.05, 3.63) is 56.4 Å². The summed E-state index contributed by atoms with van der Waals surface area (Å²) in [7, 11) is 0. The summed E-state index contributed by atoms with van der Waals surface area (Å²) >= 11 is 7.76. The van der Waals surface area contributed by atoms with Crippen LogP contribution in [0.2, 0.25) is 0 Å². The molecule has 4 nitrogen and oxygen atoms in total. The highest BCUT2D eigenvalue weighted by molar-refractivity contribution is 9.10. The minimum absolute atomic E-state index is 0.210. The molecule has 0 bridgehead atoms. The number of hydrogen-bond donors (Lipinski definition) is 4. The van der Waals surface area contributed by atoms with Crippen LogP contribution in [0.3, 0.4) is 0 Å². The Morgan fingerprint density at radius 2 is 1.91 bits per heavy atom. The number of benzene rings is 1. The van der Waals surface area contributed by atoms with Crippen molar-refractivity contribution in [1.82, 2.24) is 4.98 Å². The van der Waals surface area contributed by atoms with E-state index in [1.54, 1.807) is 6.20 Å². The van der Waals surface area contributed by atoms with Crippen LogP contribution in [-0.4, -0.2) is 16.7 Å². The maximum absolute atomic E-state index is 12.4. The van der Waals surface area contributed by atoms with E-state index < -0.39 is 0 Å². The number of hydrogen-bond acceptors (Lipinski definition) is 4. The molecule has 3 rings (SSSR count). The molecule has 0 saturated heterocycles. The van der Waals surface area contributed by atoms with E-state index in [0.29, 0.717) is 22.9 Å². The van der Waals surface area contributed by atoms with E-state index in [4.69, 9.17) is 5.41 Å². The molecule has 120 valence electrons. The summed E-state index contributed by atoms with van der Waals surface area (Å²) in [6.07, 6.45) is 6.23. The lowest BCUT2D eigenvalue weighted by atomic mass is 10.0. The molecule has 0 unspecified atom stereocenters. The van der Waals surface area contributed by atoms with E-state index in [1.165, 1.54) is 12.8 Å². The third-order valence-electron chi connectivity index (χ3n) is 4.16. The molecular formula is C17H18BrN3OS. The normalized spacial score (nSPS) is 14.9. The first kappa shape index (κ1) is 16.3. The van der Waals surface area contributed by atoms with E-state index in [9.17, 15) is 4.79 Å². The van der Waals surface area contributed by atoms with Crippen LogP contribution in [0.15, 0.2) is 44.6 Å². The number of aromatic nitrogens is 1. The summed E-state index contributed by atoms with van der Waals surface area (Å²) in [5, 5.41) is 11.9. The number of aromatic amines is 1. The number of halogens is 1. The maximum atomic E-state index is 12.4. The van der Waals surface area contributed by atoms with Crippen LogP contribution in [0.1, 0.15) is 36.8 Å². The molecule has 1 aliphatic rings. The Labute approximate surface area is 148 Å². The first-order valence-electron chi connectivity index (χ1n) is 7.62. The minimum atomic E-state index is -0.256. The number of nitrogens with one attached hydrogen (secondary N) is 3. The zero-order valence-corrected chi connectivity index (χ0v) is 15.0. The molecule has 2 aromatic rings. The smallest absolute Gasteiger partial charge is 0.259 e. The molecule has 0 radical (unpaired) electrons. The fraction of sp³-hybridized carbons (Fsp3) is 0.294. The molecule has 1 aromatic carbocycles. The van der Waals surface area contributed by atoms with Crippen molar-refractivity contribution < 1.29 is 0 Å². The van der Waals surface area contributed by atoms with E-state index in [0.717, 1.165) is 22.2 Å². The number of H-pyrrole nitrogens is 1. The quantitative estimate of drug-likeness (QED) is 0.466. The third-order valence-corrected chi connectivity index (χ3v) is 5.08. The average molecular weight is 392 g/mol. The minimum Gasteiger partial charge on any atom is -0.381 e. The Morgan fingerprint density at radius 1 is 1.26 bits per heavy atom. The largest absolute Gasteiger partial charge is 0.381 e. The van der Waals surface area contributed by atoms with Gasteiger partial charge < -0.3 is 10.3 Å². The van der Waals surface area contributed by atoms with Gasteiger partial charge in [-0.05, 0) is 40.9 Å². The van der Waals surface area contributed by atoms with Crippen molar-refractivity contribution in [2.75, 3.05) is 5.32 Å². The Morgan fingerprint density at radius 3 is 2.57 bits per heavy atom. The second-order valence-electron chi connectivity index (χ2n) is 5.76. The summed E-state index contributed by atoms with van der Waals surface area (Å²) in [5.41, 5.74) is 1.73. The zero-order valence-electron chi connectivity index (χ0n) is 12.5. The molecule has 1 aliphatic carbocycles. The summed E-state index contributed by atoms with van der Waals surface area (Å²) < 4.78 is 0.773. The topological polar surface area (TPSA) is 68.7 Å². The summed E-state index contributed by atoms with van der Waals surface area (Å²) in [5.74, 6) is 0. The highest BCUT2D eigenvalue weighted by Crippen LogP contribution is 2.29. The Hall–Kier alpha value is -1.53. The Kier molecular flexibility index (Phi) is 4.92. The van der Waals surface area contributed by atoms with Crippen molar-refractivity contribution in [2.24, 2.45) is 0 Å². The average Bonchev–Trinajstić information content (AvgIpc) is 3.04. The summed E-state index contributed by atoms with van der Waals surface area (Å²) in [6.45, 7) is 0. The van der Waals surface area contributed by atoms with Gasteiger partial charge in [0.2, 0.25) is 0 Å². The van der Waals surface area contributed by atoms with Gasteiger partial charge in [-0.2, -0.15) is 0 Å². The van der Waals surface area contributed by atoms with Gasteiger partial charge in [-0.1, -0.05) is 25.0 Å². The van der Waals surface area contributed by atoms with Gasteiger partial charge in [0.25, 0.3) is 5.56 Å². The van der Waals surface area contributed by atoms with E-state index in [2.05, 4.69) is 38.9 Å². The van der Waals surface area contributed by atoms with Gasteiger partial charge >= 0.3 is 0 Å². The van der Waals surface area contributed by atoms with Crippen molar-refractivity contribution in [3.8, 4) is 0 Å². The summed E-state index contributed by atoms with van der Waals surface area (Å²) in [6, 6.07) is 7.63. The fourth-order valence-corrected chi connectivity index (χ4v) is 3.51. The van der Waals surface area contributed by atoms with E-state index in [1.807, 2.05) is 24.3 Å². The first-order valence-corrected chi connectivity index (χ1v) is 8.86. The van der Waals surface area contributed by atoms with Crippen molar-refractivity contribution in [1.29, 1.82) is 5.41 Å². The van der Waals surface area contributed by atoms with Gasteiger partial charge in [-0.3, -0.25) is 10.2 Å². The lowest BCUT2D eigenvalue weighted by Gasteiger charge is -2.18. The Balaban J connectivity index is 2.02. The number of pyridine rings is 1. The van der Waals surface area contributed by atoms with Crippen molar-refractivity contribution >= 4 is 40.0 Å². The molecule has 0 spiro atoms. The van der Waals surface area contributed by atoms with Crippen LogP contribution in [0.5, 0.6) is 0 Å². The maximum Gasteiger partial charge on any atom is 0.259 e. The number of rotatable bonds is 4. The van der Waals surface area contributed by atoms with Gasteiger partial charge in [-0.25, -0.2) is 0 Å². The number of anilines is 1. The molecule has 23 heavy (non-hydrogen) atoms. The van der Waals surface area contributed by atoms with Crippen LogP contribution >= 0.6 is 28.6 Å². The zero-order chi connectivity index (χ0) is 16.4. The van der Waals surface area contributed by atoms with Crippen LogP contribution in [0.4, 0.5) is 5.69 Å². The Bertz CT molecular complexity index is 779. The SMILES string of the molecule is N=C(c1ccc(S)cc1)c1c(NC2CCCC2)c(Br)c[nH]c1=O. The fourth-order valence-electron chi connectivity index (χ4n) is 2.93. The molecule has 1 aromatic heterocycles. The van der Waals surface area contributed by atoms with Crippen molar-refractivity contribution in [3.63, 3.8) is 0 Å². The van der Waals surface area contributed by atoms with Gasteiger partial charge in [0.05, 0.1) is 21.4 Å². The van der Waals surface area contributed by atoms with Crippen LogP contribution < -0.4 is 10.9 Å². The summed E-state index contributed by atoms with van der Waals surface area (Å²) in [4.78, 5) is 15.9. The molecule has 1 saturated carbocycles. The van der Waals surface area contributed by atoms with Gasteiger partial charge in [-0.15, -0.1) is 12.6 Å². The molecule has 3 N–H and O–H groups in total. The lowest BCUT2D eigenvalue weighted by Crippen LogP contribution is -2.25. The molecule has 0 atom stereocenters. The molecule has 0 amide bonds. The van der Waals surface area contributed by atoms with Crippen LogP contribution in [-0.2, 0) is 0 Å². The van der Waals surface area contributed by atoms with Crippen molar-refractivity contribution in [2.45, 2.75) is 36.6 Å². The third kappa shape index (κ3) is 3.53. The lowest BCUT2D eigenvalue weighted by molar-refractivity contribution is 0.754. The second kappa shape index (κ2) is 6.93. The standard InChI is InChI=1S/C17H18BrN3OS/c18-13-9-20-17(22)14(16(13)21-11-3-1-2-4-11)15(19)10-5-7-12(23)8-6-10/h5-9,11,19,23H,1-4H2,(H2,20,21,22). The highest BCUT2D eigenvalue weighted by Gasteiger charge is 2.21. The molecule has 0 aliphatic heterocycles. The number of thiol groups is 1. The molecule has 6 heteroatoms. The predicted molar refractivity (Wildman–Crippen MR) is 100 cm³/mol. The molecular weight excluding hydrogens is 374 g/mol. The second-order valence-corrected chi connectivity index (χ2v) is 7.13. The van der Waals surface area contributed by atoms with E-state index in [-0.39, 0.29) is 11.3 Å². The predicted octanol–water partition coefficient (Wildman–Crippen LogP) is 4.20. The van der Waals surface area contributed by atoms with Gasteiger partial charge in [0.1, 0.15) is 0 Å². The van der Waals surface area contributed by atoms with Gasteiger partial charge in [0.15, 0.2) is 0 Å². The van der Waals surface area contributed by atoms with Crippen LogP contribution in [0, 0.1) is 5.41 Å². The van der Waals surface area contributed by atoms with E-state index >= 15 is 0 Å².